The third kappa shape index (κ3) is 3.13. The highest BCUT2D eigenvalue weighted by molar-refractivity contribution is 6.01. The van der Waals surface area contributed by atoms with E-state index in [2.05, 4.69) is 30.7 Å². The zero-order chi connectivity index (χ0) is 22.9. The van der Waals surface area contributed by atoms with Crippen LogP contribution in [0.3, 0.4) is 0 Å². The van der Waals surface area contributed by atoms with Crippen LogP contribution in [-0.4, -0.2) is 83.1 Å². The minimum absolute atomic E-state index is 0.0278. The average Bonchev–Trinajstić information content (AvgIpc) is 3.01. The van der Waals surface area contributed by atoms with E-state index in [0.717, 1.165) is 51.0 Å². The summed E-state index contributed by atoms with van der Waals surface area (Å²) in [6, 6.07) is 0. The number of ketones is 2. The van der Waals surface area contributed by atoms with E-state index in [1.807, 2.05) is 6.08 Å². The molecule has 6 nitrogen and oxygen atoms in total. The fraction of sp³-hybridized carbons (Fsp3) is 0.769. The highest BCUT2D eigenvalue weighted by Gasteiger charge is 2.68. The predicted molar refractivity (Wildman–Crippen MR) is 122 cm³/mol. The Bertz CT molecular complexity index is 875. The topological polar surface area (TPSA) is 81.1 Å². The van der Waals surface area contributed by atoms with Crippen LogP contribution in [0, 0.1) is 28.6 Å². The Morgan fingerprint density at radius 2 is 1.91 bits per heavy atom. The number of carbonyl (C=O) groups is 2. The summed E-state index contributed by atoms with van der Waals surface area (Å²) in [5.74, 6) is 0.454. The van der Waals surface area contributed by atoms with Crippen LogP contribution >= 0.6 is 0 Å². The first-order valence-corrected chi connectivity index (χ1v) is 12.4. The molecule has 2 N–H and O–H groups in total. The van der Waals surface area contributed by atoms with Gasteiger partial charge in [-0.1, -0.05) is 25.5 Å². The van der Waals surface area contributed by atoms with Crippen molar-refractivity contribution in [2.45, 2.75) is 57.7 Å². The van der Waals surface area contributed by atoms with Crippen molar-refractivity contribution in [3.8, 4) is 0 Å². The molecule has 4 fully saturated rings. The van der Waals surface area contributed by atoms with Crippen LogP contribution < -0.4 is 0 Å². The molecular weight excluding hydrogens is 404 g/mol. The van der Waals surface area contributed by atoms with Gasteiger partial charge in [0.05, 0.1) is 12.6 Å². The summed E-state index contributed by atoms with van der Waals surface area (Å²) in [5.41, 5.74) is -1.17. The van der Waals surface area contributed by atoms with Crippen LogP contribution in [-0.2, 0) is 9.59 Å². The van der Waals surface area contributed by atoms with Gasteiger partial charge in [0.15, 0.2) is 11.6 Å². The highest BCUT2D eigenvalue weighted by Crippen LogP contribution is 2.67. The third-order valence-electron chi connectivity index (χ3n) is 10.1. The van der Waals surface area contributed by atoms with Gasteiger partial charge in [0.1, 0.15) is 5.60 Å². The Hall–Kier alpha value is -1.34. The molecule has 0 bridgehead atoms. The number of hydrogen-bond donors (Lipinski definition) is 2. The molecule has 0 aromatic heterocycles. The largest absolute Gasteiger partial charge is 0.393 e. The Labute approximate surface area is 191 Å². The van der Waals surface area contributed by atoms with E-state index in [-0.39, 0.29) is 34.7 Å². The van der Waals surface area contributed by atoms with Gasteiger partial charge in [-0.3, -0.25) is 14.5 Å². The second kappa shape index (κ2) is 7.59. The Balaban J connectivity index is 1.40. The molecule has 1 unspecified atom stereocenters. The van der Waals surface area contributed by atoms with Crippen LogP contribution in [0.5, 0.6) is 0 Å². The molecule has 1 aliphatic heterocycles. The summed E-state index contributed by atoms with van der Waals surface area (Å²) in [7, 11) is 2.10. The van der Waals surface area contributed by atoms with E-state index in [1.54, 1.807) is 12.2 Å². The Morgan fingerprint density at radius 1 is 1.19 bits per heavy atom. The van der Waals surface area contributed by atoms with Crippen molar-refractivity contribution in [2.24, 2.45) is 28.6 Å². The van der Waals surface area contributed by atoms with Crippen LogP contribution in [0.2, 0.25) is 0 Å². The van der Waals surface area contributed by atoms with Gasteiger partial charge in [-0.25, -0.2) is 0 Å². The van der Waals surface area contributed by atoms with Gasteiger partial charge in [0.25, 0.3) is 0 Å². The lowest BCUT2D eigenvalue weighted by Gasteiger charge is -2.59. The van der Waals surface area contributed by atoms with E-state index in [0.29, 0.717) is 19.4 Å². The summed E-state index contributed by atoms with van der Waals surface area (Å²) in [5, 5.41) is 23.3. The van der Waals surface area contributed by atoms with Crippen LogP contribution in [0.4, 0.5) is 0 Å². The van der Waals surface area contributed by atoms with Crippen molar-refractivity contribution in [1.82, 2.24) is 9.80 Å². The van der Waals surface area contributed by atoms with Gasteiger partial charge in [-0.05, 0) is 63.1 Å². The number of aliphatic hydroxyl groups excluding tert-OH is 1. The number of carbonyl (C=O) groups excluding carboxylic acids is 2. The summed E-state index contributed by atoms with van der Waals surface area (Å²) in [6.07, 6.45) is 8.33. The lowest BCUT2D eigenvalue weighted by atomic mass is 9.46. The number of Topliss-reactive ketones (excluding diaryl/α,β-unsaturated/α-hetero) is 1. The van der Waals surface area contributed by atoms with Crippen LogP contribution in [0.25, 0.3) is 0 Å². The molecule has 5 rings (SSSR count). The molecule has 4 aliphatic carbocycles. The van der Waals surface area contributed by atoms with Crippen molar-refractivity contribution >= 4 is 11.6 Å². The first kappa shape index (κ1) is 22.5. The maximum Gasteiger partial charge on any atom is 0.178 e. The normalized spacial score (nSPS) is 46.9. The van der Waals surface area contributed by atoms with Gasteiger partial charge in [-0.15, -0.1) is 0 Å². The number of rotatable bonds is 3. The number of hydrogen-bond acceptors (Lipinski definition) is 6. The molecule has 0 amide bonds. The number of aliphatic hydroxyl groups is 2. The number of allylic oxidation sites excluding steroid dienone is 4. The number of piperazine rings is 1. The van der Waals surface area contributed by atoms with E-state index < -0.39 is 17.1 Å². The van der Waals surface area contributed by atoms with Crippen LogP contribution in [0.1, 0.15) is 46.0 Å². The molecule has 3 saturated carbocycles. The molecule has 6 heteroatoms. The molecule has 1 saturated heterocycles. The maximum absolute atomic E-state index is 13.5. The van der Waals surface area contributed by atoms with Crippen molar-refractivity contribution in [3.05, 3.63) is 23.8 Å². The lowest BCUT2D eigenvalue weighted by Crippen LogP contribution is -2.62. The quantitative estimate of drug-likeness (QED) is 0.694. The molecule has 5 aliphatic rings. The molecule has 7 atom stereocenters. The molecule has 176 valence electrons. The molecule has 0 aromatic rings. The molecular formula is C26H38N2O4. The number of likely N-dealkylation sites (N-methyl/N-ethyl adjacent to an activating group) is 1. The molecule has 1 heterocycles. The fourth-order valence-electron chi connectivity index (χ4n) is 8.13. The minimum atomic E-state index is -1.37. The first-order chi connectivity index (χ1) is 15.1. The van der Waals surface area contributed by atoms with Gasteiger partial charge >= 0.3 is 0 Å². The molecule has 0 spiro atoms. The van der Waals surface area contributed by atoms with Gasteiger partial charge in [-0.2, -0.15) is 0 Å². The first-order valence-electron chi connectivity index (χ1n) is 12.4. The second-order valence-electron chi connectivity index (χ2n) is 11.6. The van der Waals surface area contributed by atoms with Crippen molar-refractivity contribution in [2.75, 3.05) is 39.8 Å². The molecule has 0 aromatic carbocycles. The second-order valence-corrected chi connectivity index (χ2v) is 11.6. The summed E-state index contributed by atoms with van der Waals surface area (Å²) >= 11 is 0. The van der Waals surface area contributed by atoms with E-state index in [4.69, 9.17) is 0 Å². The summed E-state index contributed by atoms with van der Waals surface area (Å²) < 4.78 is 0. The molecule has 0 radical (unpaired) electrons. The van der Waals surface area contributed by atoms with E-state index in [9.17, 15) is 19.8 Å². The van der Waals surface area contributed by atoms with E-state index in [1.165, 1.54) is 0 Å². The van der Waals surface area contributed by atoms with E-state index >= 15 is 0 Å². The standard InChI is InChI=1S/C26H38N2O4/c1-24-8-6-18(29)14-17(24)4-5-19-20-7-9-26(32,25(20,2)15-21(30)23(19)24)22(31)16-28-12-10-27(3)11-13-28/h6,8,14,19-21,23,30,32H,4-5,7,9-13,15-16H2,1-3H3/t19-,20-,21-,23?,24-,25-,26-/m0/s1. The summed E-state index contributed by atoms with van der Waals surface area (Å²) in [4.78, 5) is 29.9. The zero-order valence-electron chi connectivity index (χ0n) is 19.7. The third-order valence-corrected chi connectivity index (χ3v) is 10.1. The number of fused-ring (bicyclic) bond motifs is 5. The predicted octanol–water partition coefficient (Wildman–Crippen LogP) is 1.81. The van der Waals surface area contributed by atoms with Crippen molar-refractivity contribution < 1.29 is 19.8 Å². The fourth-order valence-corrected chi connectivity index (χ4v) is 8.13. The summed E-state index contributed by atoms with van der Waals surface area (Å²) in [6.45, 7) is 8.10. The average molecular weight is 443 g/mol. The van der Waals surface area contributed by atoms with Crippen molar-refractivity contribution in [3.63, 3.8) is 0 Å². The molecule has 32 heavy (non-hydrogen) atoms. The highest BCUT2D eigenvalue weighted by atomic mass is 16.3. The maximum atomic E-state index is 13.5. The van der Waals surface area contributed by atoms with Gasteiger partial charge < -0.3 is 15.1 Å². The monoisotopic (exact) mass is 442 g/mol. The number of nitrogens with zero attached hydrogens (tertiary/aromatic N) is 2. The SMILES string of the molecule is CN1CCN(CC(=O)[C@@]2(O)CC[C@H]3[C@@H]4CCC5=CC(=O)C=C[C@]5(C)C4[C@@H](O)C[C@@]32C)CC1. The lowest BCUT2D eigenvalue weighted by molar-refractivity contribution is -0.177. The Kier molecular flexibility index (Phi) is 5.32. The van der Waals surface area contributed by atoms with Crippen LogP contribution in [0.15, 0.2) is 23.8 Å². The zero-order valence-corrected chi connectivity index (χ0v) is 19.7. The van der Waals surface area contributed by atoms with Crippen molar-refractivity contribution in [1.29, 1.82) is 0 Å². The smallest absolute Gasteiger partial charge is 0.178 e. The Morgan fingerprint density at radius 3 is 2.62 bits per heavy atom. The van der Waals surface area contributed by atoms with Gasteiger partial charge in [0, 0.05) is 42.9 Å². The minimum Gasteiger partial charge on any atom is -0.393 e. The van der Waals surface area contributed by atoms with Gasteiger partial charge in [0.2, 0.25) is 0 Å².